The van der Waals surface area contributed by atoms with Crippen molar-refractivity contribution in [2.75, 3.05) is 25.6 Å². The van der Waals surface area contributed by atoms with E-state index in [9.17, 15) is 9.59 Å². The maximum atomic E-state index is 11.6. The highest BCUT2D eigenvalue weighted by Gasteiger charge is 2.23. The Labute approximate surface area is 112 Å². The molecule has 1 amide bonds. The Bertz CT molecular complexity index is 513. The van der Waals surface area contributed by atoms with Gasteiger partial charge in [-0.3, -0.25) is 9.59 Å². The lowest BCUT2D eigenvalue weighted by Gasteiger charge is -2.27. The fourth-order valence-electron chi connectivity index (χ4n) is 2.18. The number of hydrogen-bond donors (Lipinski definition) is 1. The van der Waals surface area contributed by atoms with Crippen molar-refractivity contribution in [3.63, 3.8) is 0 Å². The summed E-state index contributed by atoms with van der Waals surface area (Å²) in [4.78, 5) is 24.5. The number of rotatable bonds is 4. The number of anilines is 1. The summed E-state index contributed by atoms with van der Waals surface area (Å²) in [7, 11) is 3.55. The zero-order valence-electron chi connectivity index (χ0n) is 11.4. The molecule has 0 aliphatic carbocycles. The van der Waals surface area contributed by atoms with Crippen molar-refractivity contribution >= 4 is 17.4 Å². The number of fused-ring (bicyclic) bond motifs is 1. The van der Waals surface area contributed by atoms with E-state index in [1.165, 1.54) is 0 Å². The molecule has 0 aromatic heterocycles. The molecule has 0 fully saturated rings. The Morgan fingerprint density at radius 2 is 2.26 bits per heavy atom. The second-order valence-electron chi connectivity index (χ2n) is 4.72. The number of nitrogens with zero attached hydrogens (tertiary/aromatic N) is 1. The highest BCUT2D eigenvalue weighted by atomic mass is 16.5. The minimum Gasteiger partial charge on any atom is -0.482 e. The van der Waals surface area contributed by atoms with E-state index >= 15 is 0 Å². The molecule has 19 heavy (non-hydrogen) atoms. The Hall–Kier alpha value is -1.88. The van der Waals surface area contributed by atoms with Gasteiger partial charge in [-0.25, -0.2) is 0 Å². The van der Waals surface area contributed by atoms with Gasteiger partial charge >= 0.3 is 0 Å². The number of carbonyl (C=O) groups excluding carboxylic acids is 2. The zero-order chi connectivity index (χ0) is 14.0. The summed E-state index contributed by atoms with van der Waals surface area (Å²) >= 11 is 0. The van der Waals surface area contributed by atoms with Crippen LogP contribution in [0.25, 0.3) is 0 Å². The molecule has 0 saturated heterocycles. The summed E-state index contributed by atoms with van der Waals surface area (Å²) < 4.78 is 5.38. The number of ether oxygens (including phenoxy) is 1. The van der Waals surface area contributed by atoms with E-state index < -0.39 is 0 Å². The van der Waals surface area contributed by atoms with E-state index in [2.05, 4.69) is 5.32 Å². The van der Waals surface area contributed by atoms with Gasteiger partial charge in [-0.15, -0.1) is 0 Å². The van der Waals surface area contributed by atoms with Crippen LogP contribution in [0.15, 0.2) is 18.2 Å². The highest BCUT2D eigenvalue weighted by Crippen LogP contribution is 2.34. The van der Waals surface area contributed by atoms with Crippen LogP contribution in [0.1, 0.15) is 24.9 Å². The number of carbonyl (C=O) groups is 2. The molecule has 0 saturated carbocycles. The molecule has 0 spiro atoms. The number of benzene rings is 1. The van der Waals surface area contributed by atoms with E-state index in [-0.39, 0.29) is 24.3 Å². The van der Waals surface area contributed by atoms with Gasteiger partial charge in [-0.05, 0) is 31.7 Å². The molecule has 1 heterocycles. The van der Waals surface area contributed by atoms with Crippen LogP contribution in [0.5, 0.6) is 5.75 Å². The maximum absolute atomic E-state index is 11.6. The summed E-state index contributed by atoms with van der Waals surface area (Å²) in [6.45, 7) is 1.65. The first kappa shape index (κ1) is 13.5. The molecule has 1 unspecified atom stereocenters. The highest BCUT2D eigenvalue weighted by molar-refractivity contribution is 5.97. The third-order valence-corrected chi connectivity index (χ3v) is 3.31. The molecular formula is C14H18N2O3. The topological polar surface area (TPSA) is 58.6 Å². The molecule has 1 aromatic carbocycles. The Kier molecular flexibility index (Phi) is 3.85. The summed E-state index contributed by atoms with van der Waals surface area (Å²) in [6.07, 6.45) is 0.424. The van der Waals surface area contributed by atoms with Crippen molar-refractivity contribution in [3.05, 3.63) is 23.8 Å². The lowest BCUT2D eigenvalue weighted by atomic mass is 10.0. The van der Waals surface area contributed by atoms with Crippen molar-refractivity contribution in [3.8, 4) is 5.75 Å². The van der Waals surface area contributed by atoms with Crippen LogP contribution in [0.2, 0.25) is 0 Å². The number of hydrogen-bond acceptors (Lipinski definition) is 4. The lowest BCUT2D eigenvalue weighted by Crippen LogP contribution is -2.35. The van der Waals surface area contributed by atoms with Gasteiger partial charge in [0, 0.05) is 19.5 Å². The molecule has 0 bridgehead atoms. The van der Waals surface area contributed by atoms with Crippen LogP contribution in [0, 0.1) is 0 Å². The number of amides is 1. The fourth-order valence-corrected chi connectivity index (χ4v) is 2.18. The first-order chi connectivity index (χ1) is 9.02. The van der Waals surface area contributed by atoms with E-state index in [1.807, 2.05) is 25.2 Å². The fraction of sp³-hybridized carbons (Fsp3) is 0.429. The Morgan fingerprint density at radius 3 is 2.89 bits per heavy atom. The van der Waals surface area contributed by atoms with Gasteiger partial charge in [-0.2, -0.15) is 0 Å². The van der Waals surface area contributed by atoms with Crippen LogP contribution in [0.3, 0.4) is 0 Å². The van der Waals surface area contributed by atoms with Crippen LogP contribution >= 0.6 is 0 Å². The summed E-state index contributed by atoms with van der Waals surface area (Å²) in [5.41, 5.74) is 1.72. The van der Waals surface area contributed by atoms with Gasteiger partial charge in [0.1, 0.15) is 11.5 Å². The average Bonchev–Trinajstić information content (AvgIpc) is 2.40. The largest absolute Gasteiger partial charge is 0.482 e. The van der Waals surface area contributed by atoms with E-state index in [0.717, 1.165) is 11.3 Å². The van der Waals surface area contributed by atoms with Gasteiger partial charge in [0.2, 0.25) is 0 Å². The standard InChI is InChI=1S/C14H18N2O3/c1-9(17)6-11(15-2)10-4-5-13-12(7-10)16(3)14(18)8-19-13/h4-5,7,11,15H,6,8H2,1-3H3. The SMILES string of the molecule is CNC(CC(C)=O)c1ccc2c(c1)N(C)C(=O)CO2. The molecule has 0 radical (unpaired) electrons. The normalized spacial score (nSPS) is 15.7. The molecule has 102 valence electrons. The van der Waals surface area contributed by atoms with Crippen molar-refractivity contribution in [1.82, 2.24) is 5.32 Å². The van der Waals surface area contributed by atoms with E-state index in [4.69, 9.17) is 4.74 Å². The Balaban J connectivity index is 2.33. The second kappa shape index (κ2) is 5.40. The first-order valence-corrected chi connectivity index (χ1v) is 6.23. The quantitative estimate of drug-likeness (QED) is 0.888. The van der Waals surface area contributed by atoms with Crippen molar-refractivity contribution < 1.29 is 14.3 Å². The molecule has 1 aliphatic rings. The lowest BCUT2D eigenvalue weighted by molar-refractivity contribution is -0.121. The Morgan fingerprint density at radius 1 is 1.53 bits per heavy atom. The smallest absolute Gasteiger partial charge is 0.264 e. The van der Waals surface area contributed by atoms with Crippen LogP contribution in [-0.2, 0) is 9.59 Å². The molecule has 2 rings (SSSR count). The number of likely N-dealkylation sites (N-methyl/N-ethyl adjacent to an activating group) is 1. The average molecular weight is 262 g/mol. The third-order valence-electron chi connectivity index (χ3n) is 3.31. The molecular weight excluding hydrogens is 244 g/mol. The van der Waals surface area contributed by atoms with Crippen LogP contribution < -0.4 is 15.0 Å². The monoisotopic (exact) mass is 262 g/mol. The molecule has 1 atom stereocenters. The van der Waals surface area contributed by atoms with Gasteiger partial charge in [0.05, 0.1) is 5.69 Å². The summed E-state index contributed by atoms with van der Waals surface area (Å²) in [6, 6.07) is 5.62. The second-order valence-corrected chi connectivity index (χ2v) is 4.72. The van der Waals surface area contributed by atoms with E-state index in [0.29, 0.717) is 12.2 Å². The third kappa shape index (κ3) is 2.76. The van der Waals surface area contributed by atoms with Crippen LogP contribution in [-0.4, -0.2) is 32.4 Å². The minimum absolute atomic E-state index is 0.0479. The molecule has 5 nitrogen and oxygen atoms in total. The maximum Gasteiger partial charge on any atom is 0.264 e. The van der Waals surface area contributed by atoms with Gasteiger partial charge in [-0.1, -0.05) is 6.07 Å². The van der Waals surface area contributed by atoms with Gasteiger partial charge in [0.15, 0.2) is 6.61 Å². The summed E-state index contributed by atoms with van der Waals surface area (Å²) in [5, 5.41) is 3.12. The van der Waals surface area contributed by atoms with Gasteiger partial charge in [0.25, 0.3) is 5.91 Å². The number of ketones is 1. The van der Waals surface area contributed by atoms with E-state index in [1.54, 1.807) is 18.9 Å². The predicted molar refractivity (Wildman–Crippen MR) is 72.4 cm³/mol. The summed E-state index contributed by atoms with van der Waals surface area (Å²) in [5.74, 6) is 0.749. The molecule has 1 N–H and O–H groups in total. The van der Waals surface area contributed by atoms with Crippen molar-refractivity contribution in [2.45, 2.75) is 19.4 Å². The minimum atomic E-state index is -0.0720. The molecule has 5 heteroatoms. The van der Waals surface area contributed by atoms with Crippen LogP contribution in [0.4, 0.5) is 5.69 Å². The van der Waals surface area contributed by atoms with Gasteiger partial charge < -0.3 is 15.0 Å². The number of nitrogens with one attached hydrogen (secondary N) is 1. The molecule has 1 aliphatic heterocycles. The van der Waals surface area contributed by atoms with Crippen molar-refractivity contribution in [2.24, 2.45) is 0 Å². The zero-order valence-corrected chi connectivity index (χ0v) is 11.4. The molecule has 1 aromatic rings. The predicted octanol–water partition coefficient (Wildman–Crippen LogP) is 1.28. The number of Topliss-reactive ketones (excluding diaryl/α,β-unsaturated/α-hetero) is 1. The van der Waals surface area contributed by atoms with Crippen molar-refractivity contribution in [1.29, 1.82) is 0 Å². The first-order valence-electron chi connectivity index (χ1n) is 6.23.